The van der Waals surface area contributed by atoms with Crippen molar-refractivity contribution in [3.8, 4) is 0 Å². The molecule has 2 saturated heterocycles. The summed E-state index contributed by atoms with van der Waals surface area (Å²) >= 11 is 0. The highest BCUT2D eigenvalue weighted by Crippen LogP contribution is 2.30. The van der Waals surface area contributed by atoms with Gasteiger partial charge in [-0.15, -0.1) is 0 Å². The average Bonchev–Trinajstić information content (AvgIpc) is 3.54. The lowest BCUT2D eigenvalue weighted by Gasteiger charge is -2.46. The molecule has 0 aliphatic carbocycles. The number of carbonyl (C=O) groups is 1. The minimum atomic E-state index is -1.79. The summed E-state index contributed by atoms with van der Waals surface area (Å²) in [5, 5.41) is 87.0. The molecule has 2 rings (SSSR count). The first-order chi connectivity index (χ1) is 38.6. The summed E-state index contributed by atoms with van der Waals surface area (Å²) < 4.78 is 22.7. The molecule has 0 saturated carbocycles. The van der Waals surface area contributed by atoms with Gasteiger partial charge in [0.2, 0.25) is 5.91 Å². The number of unbranched alkanes of at least 4 members (excludes halogenated alkanes) is 36. The maximum atomic E-state index is 13.2. The normalized spacial score (nSPS) is 24.6. The highest BCUT2D eigenvalue weighted by molar-refractivity contribution is 5.76. The van der Waals surface area contributed by atoms with E-state index >= 15 is 0 Å². The number of aliphatic hydroxyl groups excluding tert-OH is 8. The van der Waals surface area contributed by atoms with Crippen LogP contribution in [0.2, 0.25) is 0 Å². The largest absolute Gasteiger partial charge is 0.394 e. The zero-order valence-corrected chi connectivity index (χ0v) is 50.1. The van der Waals surface area contributed by atoms with Crippen molar-refractivity contribution in [1.82, 2.24) is 5.32 Å². The number of carbonyl (C=O) groups excluding carboxylic acids is 1. The lowest BCUT2D eigenvalue weighted by molar-refractivity contribution is -0.359. The van der Waals surface area contributed by atoms with Gasteiger partial charge in [-0.25, -0.2) is 0 Å². The minimum Gasteiger partial charge on any atom is -0.394 e. The van der Waals surface area contributed by atoms with Crippen molar-refractivity contribution in [3.05, 3.63) is 36.5 Å². The Hall–Kier alpha value is -1.79. The van der Waals surface area contributed by atoms with Gasteiger partial charge in [0.15, 0.2) is 12.6 Å². The number of rotatable bonds is 53. The highest BCUT2D eigenvalue weighted by atomic mass is 16.7. The van der Waals surface area contributed by atoms with E-state index in [0.717, 1.165) is 44.9 Å². The number of aliphatic hydroxyl groups is 8. The Kier molecular flexibility index (Phi) is 47.0. The second-order valence-corrected chi connectivity index (χ2v) is 23.2. The molecule has 1 amide bonds. The number of hydrogen-bond acceptors (Lipinski definition) is 13. The van der Waals surface area contributed by atoms with Gasteiger partial charge in [0.1, 0.15) is 48.8 Å². The van der Waals surface area contributed by atoms with Gasteiger partial charge >= 0.3 is 0 Å². The van der Waals surface area contributed by atoms with Crippen LogP contribution in [0.5, 0.6) is 0 Å². The van der Waals surface area contributed by atoms with Gasteiger partial charge in [-0.3, -0.25) is 4.79 Å². The lowest BCUT2D eigenvalue weighted by Crippen LogP contribution is -2.65. The van der Waals surface area contributed by atoms with E-state index in [9.17, 15) is 45.6 Å². The molecule has 12 unspecified atom stereocenters. The molecule has 12 atom stereocenters. The van der Waals surface area contributed by atoms with E-state index in [4.69, 9.17) is 18.9 Å². The van der Waals surface area contributed by atoms with Gasteiger partial charge in [0, 0.05) is 6.42 Å². The number of ether oxygens (including phenoxy) is 4. The highest BCUT2D eigenvalue weighted by Gasteiger charge is 2.51. The second-order valence-electron chi connectivity index (χ2n) is 23.2. The van der Waals surface area contributed by atoms with Crippen molar-refractivity contribution in [1.29, 1.82) is 0 Å². The fourth-order valence-corrected chi connectivity index (χ4v) is 10.8. The van der Waals surface area contributed by atoms with E-state index < -0.39 is 86.8 Å². The molecule has 0 aromatic rings. The van der Waals surface area contributed by atoms with Crippen LogP contribution in [0.25, 0.3) is 0 Å². The molecule has 464 valence electrons. The molecule has 2 fully saturated rings. The van der Waals surface area contributed by atoms with E-state index in [-0.39, 0.29) is 18.9 Å². The van der Waals surface area contributed by atoms with E-state index in [2.05, 4.69) is 43.5 Å². The first-order valence-electron chi connectivity index (χ1n) is 32.7. The van der Waals surface area contributed by atoms with Crippen molar-refractivity contribution in [2.24, 2.45) is 0 Å². The van der Waals surface area contributed by atoms with Gasteiger partial charge in [-0.05, 0) is 44.9 Å². The quantitative estimate of drug-likeness (QED) is 0.0204. The average molecular weight is 1120 g/mol. The Morgan fingerprint density at radius 1 is 0.443 bits per heavy atom. The minimum absolute atomic E-state index is 0.252. The van der Waals surface area contributed by atoms with Gasteiger partial charge in [0.25, 0.3) is 0 Å². The summed E-state index contributed by atoms with van der Waals surface area (Å²) in [6.07, 6.45) is 46.6. The van der Waals surface area contributed by atoms with Gasteiger partial charge in [-0.2, -0.15) is 0 Å². The summed E-state index contributed by atoms with van der Waals surface area (Å²) in [5.41, 5.74) is 0. The first kappa shape index (κ1) is 73.3. The van der Waals surface area contributed by atoms with Crippen molar-refractivity contribution in [2.75, 3.05) is 19.8 Å². The molecule has 0 aromatic heterocycles. The predicted molar refractivity (Wildman–Crippen MR) is 318 cm³/mol. The molecule has 9 N–H and O–H groups in total. The third-order valence-electron chi connectivity index (χ3n) is 16.1. The van der Waals surface area contributed by atoms with E-state index in [0.29, 0.717) is 12.8 Å². The Morgan fingerprint density at radius 2 is 0.810 bits per heavy atom. The topological polar surface area (TPSA) is 228 Å². The van der Waals surface area contributed by atoms with Crippen molar-refractivity contribution in [3.63, 3.8) is 0 Å². The van der Waals surface area contributed by atoms with Crippen LogP contribution in [0.4, 0.5) is 0 Å². The number of amides is 1. The third-order valence-corrected chi connectivity index (χ3v) is 16.1. The fraction of sp³-hybridized carbons (Fsp3) is 0.892. The summed E-state index contributed by atoms with van der Waals surface area (Å²) in [4.78, 5) is 13.2. The van der Waals surface area contributed by atoms with Crippen LogP contribution in [-0.2, 0) is 23.7 Å². The van der Waals surface area contributed by atoms with Gasteiger partial charge in [-0.1, -0.05) is 262 Å². The van der Waals surface area contributed by atoms with Crippen LogP contribution >= 0.6 is 0 Å². The maximum absolute atomic E-state index is 13.2. The Morgan fingerprint density at radius 3 is 1.24 bits per heavy atom. The van der Waals surface area contributed by atoms with Crippen molar-refractivity contribution in [2.45, 2.75) is 351 Å². The Balaban J connectivity index is 1.66. The van der Waals surface area contributed by atoms with Gasteiger partial charge in [0.05, 0.1) is 32.0 Å². The molecule has 2 aliphatic rings. The lowest BCUT2D eigenvalue weighted by atomic mass is 9.97. The molecular formula is C65H121NO13. The SMILES string of the molecule is CCCCCCCCCCCCCCCCCCCCCCCCC/C=C/CC/C=C/CC/C=C/C(O)C(COC1OC(CO)C(OC2OC(CO)C(O)C(O)C2O)C(O)C1O)NC(=O)CCCCCCCCCCCCCC. The molecular weight excluding hydrogens is 1000 g/mol. The van der Waals surface area contributed by atoms with Crippen LogP contribution < -0.4 is 5.32 Å². The van der Waals surface area contributed by atoms with Crippen LogP contribution in [0.3, 0.4) is 0 Å². The third kappa shape index (κ3) is 35.8. The molecule has 79 heavy (non-hydrogen) atoms. The maximum Gasteiger partial charge on any atom is 0.220 e. The molecule has 0 aromatic carbocycles. The standard InChI is InChI=1S/C65H121NO13/c1-3-5-7-9-11-13-15-17-18-19-20-21-22-23-24-25-26-27-28-29-30-31-32-33-34-35-36-37-38-40-42-44-46-48-54(69)53(66-57(70)49-47-45-43-41-39-16-14-12-10-8-6-4-2)52-76-64-62(75)60(73)63(56(51-68)78-64)79-65-61(74)59(72)58(71)55(50-67)77-65/h34-35,38,40,46,48,53-56,58-65,67-69,71-75H,3-33,36-37,39,41-45,47,49-52H2,1-2H3,(H,66,70)/b35-34+,40-38+,48-46+. The first-order valence-corrected chi connectivity index (χ1v) is 32.7. The second kappa shape index (κ2) is 50.7. The summed E-state index contributed by atoms with van der Waals surface area (Å²) in [6, 6.07) is -0.935. The zero-order chi connectivity index (χ0) is 57.4. The van der Waals surface area contributed by atoms with Crippen molar-refractivity contribution >= 4 is 5.91 Å². The van der Waals surface area contributed by atoms with Crippen LogP contribution in [-0.4, -0.2) is 140 Å². The van der Waals surface area contributed by atoms with Gasteiger partial charge < -0.3 is 65.1 Å². The summed E-state index contributed by atoms with van der Waals surface area (Å²) in [7, 11) is 0. The Bertz CT molecular complexity index is 1460. The number of allylic oxidation sites excluding steroid dienone is 5. The number of hydrogen-bond donors (Lipinski definition) is 9. The summed E-state index contributed by atoms with van der Waals surface area (Å²) in [5.74, 6) is -0.252. The predicted octanol–water partition coefficient (Wildman–Crippen LogP) is 12.2. The number of nitrogens with one attached hydrogen (secondary N) is 1. The molecule has 14 heteroatoms. The van der Waals surface area contributed by atoms with Crippen molar-refractivity contribution < 1.29 is 64.6 Å². The zero-order valence-electron chi connectivity index (χ0n) is 50.1. The fourth-order valence-electron chi connectivity index (χ4n) is 10.8. The van der Waals surface area contributed by atoms with Crippen LogP contribution in [0, 0.1) is 0 Å². The smallest absolute Gasteiger partial charge is 0.220 e. The van der Waals surface area contributed by atoms with E-state index in [1.165, 1.54) is 199 Å². The van der Waals surface area contributed by atoms with E-state index in [1.807, 2.05) is 6.08 Å². The molecule has 14 nitrogen and oxygen atoms in total. The van der Waals surface area contributed by atoms with E-state index in [1.54, 1.807) is 6.08 Å². The molecule has 2 aliphatic heterocycles. The summed E-state index contributed by atoms with van der Waals surface area (Å²) in [6.45, 7) is 2.79. The molecule has 0 radical (unpaired) electrons. The Labute approximate surface area is 481 Å². The van der Waals surface area contributed by atoms with Crippen LogP contribution in [0.1, 0.15) is 277 Å². The van der Waals surface area contributed by atoms with Crippen LogP contribution in [0.15, 0.2) is 36.5 Å². The molecule has 0 bridgehead atoms. The monoisotopic (exact) mass is 1120 g/mol. The molecule has 0 spiro atoms. The molecule has 2 heterocycles.